The molecule has 0 aromatic carbocycles. The summed E-state index contributed by atoms with van der Waals surface area (Å²) in [6, 6.07) is 0. The molecular weight excluding hydrogens is 312 g/mol. The van der Waals surface area contributed by atoms with Crippen LogP contribution < -0.4 is 0 Å². The van der Waals surface area contributed by atoms with E-state index in [1.54, 1.807) is 0 Å². The molecule has 0 amide bonds. The molecule has 138 valence electrons. The lowest BCUT2D eigenvalue weighted by Crippen LogP contribution is -2.43. The molecule has 0 bridgehead atoms. The third kappa shape index (κ3) is 4.93. The van der Waals surface area contributed by atoms with E-state index in [1.165, 1.54) is 18.1 Å². The van der Waals surface area contributed by atoms with Crippen molar-refractivity contribution in [1.82, 2.24) is 0 Å². The van der Waals surface area contributed by atoms with E-state index in [4.69, 9.17) is 4.74 Å². The zero-order valence-corrected chi connectivity index (χ0v) is 16.4. The van der Waals surface area contributed by atoms with E-state index >= 15 is 0 Å². The molecule has 0 heterocycles. The minimum absolute atomic E-state index is 0.0452. The molecule has 0 aliphatic heterocycles. The summed E-state index contributed by atoms with van der Waals surface area (Å²) in [4.78, 5) is 24.1. The van der Waals surface area contributed by atoms with Crippen LogP contribution >= 0.6 is 0 Å². The summed E-state index contributed by atoms with van der Waals surface area (Å²) in [6.45, 7) is 10.1. The van der Waals surface area contributed by atoms with Gasteiger partial charge in [-0.25, -0.2) is 0 Å². The number of hydrogen-bond donors (Lipinski definition) is 0. The molecule has 0 N–H and O–H groups in total. The van der Waals surface area contributed by atoms with Crippen LogP contribution in [0.5, 0.6) is 0 Å². The van der Waals surface area contributed by atoms with Gasteiger partial charge in [0.2, 0.25) is 5.78 Å². The molecule has 0 unspecified atom stereocenters. The second kappa shape index (κ2) is 8.64. The van der Waals surface area contributed by atoms with Crippen molar-refractivity contribution < 1.29 is 14.3 Å². The monoisotopic (exact) mass is 344 g/mol. The van der Waals surface area contributed by atoms with Gasteiger partial charge in [-0.15, -0.1) is 0 Å². The van der Waals surface area contributed by atoms with E-state index in [-0.39, 0.29) is 17.7 Å². The number of hydrogen-bond acceptors (Lipinski definition) is 3. The fourth-order valence-corrected chi connectivity index (χ4v) is 4.01. The Morgan fingerprint density at radius 3 is 2.68 bits per heavy atom. The van der Waals surface area contributed by atoms with E-state index in [0.717, 1.165) is 49.7 Å². The first-order valence-corrected chi connectivity index (χ1v) is 9.54. The minimum atomic E-state index is -0.619. The lowest BCUT2D eigenvalue weighted by molar-refractivity contribution is -0.152. The Bertz CT molecular complexity index is 617. The Labute approximate surface area is 152 Å². The van der Waals surface area contributed by atoms with E-state index < -0.39 is 6.10 Å². The predicted molar refractivity (Wildman–Crippen MR) is 101 cm³/mol. The summed E-state index contributed by atoms with van der Waals surface area (Å²) in [5.74, 6) is 0.406. The van der Waals surface area contributed by atoms with Gasteiger partial charge in [0.05, 0.1) is 0 Å². The molecule has 2 aliphatic rings. The van der Waals surface area contributed by atoms with Crippen molar-refractivity contribution in [2.75, 3.05) is 0 Å². The number of esters is 1. The normalized spacial score (nSPS) is 26.9. The molecule has 0 saturated heterocycles. The molecule has 0 fully saturated rings. The van der Waals surface area contributed by atoms with E-state index in [1.807, 2.05) is 0 Å². The third-order valence-corrected chi connectivity index (χ3v) is 5.44. The minimum Gasteiger partial charge on any atom is -0.450 e. The number of ether oxygens (including phenoxy) is 1. The molecule has 0 aromatic heterocycles. The van der Waals surface area contributed by atoms with Crippen LogP contribution in [0.3, 0.4) is 0 Å². The fraction of sp³-hybridized carbons (Fsp3) is 0.636. The van der Waals surface area contributed by atoms with Crippen molar-refractivity contribution in [3.8, 4) is 0 Å². The average molecular weight is 344 g/mol. The highest BCUT2D eigenvalue weighted by molar-refractivity contribution is 6.10. The standard InChI is InChI=1S/C22H32O3/c1-14(2)8-6-10-16(4)18-13-12-15(3)9-7-11-19-20(18)21(24)22(19)25-17(5)23/h8-9,16,18,22H,6-7,10-13H2,1-5H3/b15-9+/t16-,18+,22-/m0/s1. The SMILES string of the molecule is CC(=O)O[C@@H]1C(=O)C2=C1CC/C=C(\C)CC[C@@H]2[C@@H](C)CCC=C(C)C. The summed E-state index contributed by atoms with van der Waals surface area (Å²) in [7, 11) is 0. The maximum atomic E-state index is 12.7. The van der Waals surface area contributed by atoms with Crippen molar-refractivity contribution in [2.24, 2.45) is 11.8 Å². The summed E-state index contributed by atoms with van der Waals surface area (Å²) < 4.78 is 5.30. The number of rotatable bonds is 5. The summed E-state index contributed by atoms with van der Waals surface area (Å²) in [6.07, 6.45) is 9.87. The van der Waals surface area contributed by atoms with Crippen LogP contribution in [-0.2, 0) is 14.3 Å². The first kappa shape index (κ1) is 19.7. The van der Waals surface area contributed by atoms with Gasteiger partial charge in [0.1, 0.15) is 0 Å². The topological polar surface area (TPSA) is 43.4 Å². The van der Waals surface area contributed by atoms with E-state index in [0.29, 0.717) is 5.92 Å². The van der Waals surface area contributed by atoms with Crippen molar-refractivity contribution in [3.05, 3.63) is 34.4 Å². The number of ketones is 1. The highest BCUT2D eigenvalue weighted by Gasteiger charge is 2.45. The van der Waals surface area contributed by atoms with Crippen molar-refractivity contribution in [1.29, 1.82) is 0 Å². The predicted octanol–water partition coefficient (Wildman–Crippen LogP) is 5.32. The van der Waals surface area contributed by atoms with Gasteiger partial charge in [0.25, 0.3) is 0 Å². The third-order valence-electron chi connectivity index (χ3n) is 5.44. The first-order chi connectivity index (χ1) is 11.8. The first-order valence-electron chi connectivity index (χ1n) is 9.54. The molecule has 2 rings (SSSR count). The second-order valence-electron chi connectivity index (χ2n) is 7.86. The fourth-order valence-electron chi connectivity index (χ4n) is 4.01. The summed E-state index contributed by atoms with van der Waals surface area (Å²) in [5.41, 5.74) is 4.79. The van der Waals surface area contributed by atoms with Crippen LogP contribution in [0.4, 0.5) is 0 Å². The van der Waals surface area contributed by atoms with Crippen LogP contribution in [0.15, 0.2) is 34.4 Å². The van der Waals surface area contributed by atoms with Crippen LogP contribution in [0, 0.1) is 11.8 Å². The van der Waals surface area contributed by atoms with E-state index in [2.05, 4.69) is 39.8 Å². The van der Waals surface area contributed by atoms with Gasteiger partial charge in [-0.05, 0) is 76.7 Å². The van der Waals surface area contributed by atoms with Crippen LogP contribution in [0.2, 0.25) is 0 Å². The van der Waals surface area contributed by atoms with Crippen molar-refractivity contribution >= 4 is 11.8 Å². The Morgan fingerprint density at radius 1 is 1.32 bits per heavy atom. The van der Waals surface area contributed by atoms with Crippen LogP contribution in [0.1, 0.15) is 73.1 Å². The molecule has 0 spiro atoms. The van der Waals surface area contributed by atoms with Gasteiger partial charge in [-0.3, -0.25) is 9.59 Å². The van der Waals surface area contributed by atoms with Crippen molar-refractivity contribution in [2.45, 2.75) is 79.2 Å². The van der Waals surface area contributed by atoms with Gasteiger partial charge in [0, 0.05) is 12.5 Å². The van der Waals surface area contributed by atoms with Gasteiger partial charge >= 0.3 is 5.97 Å². The van der Waals surface area contributed by atoms with Gasteiger partial charge in [-0.2, -0.15) is 0 Å². The molecule has 0 aromatic rings. The second-order valence-corrected chi connectivity index (χ2v) is 7.86. The molecule has 2 aliphatic carbocycles. The zero-order chi connectivity index (χ0) is 18.6. The van der Waals surface area contributed by atoms with Crippen molar-refractivity contribution in [3.63, 3.8) is 0 Å². The maximum Gasteiger partial charge on any atom is 0.303 e. The molecule has 25 heavy (non-hydrogen) atoms. The Kier molecular flexibility index (Phi) is 6.80. The smallest absolute Gasteiger partial charge is 0.303 e. The molecule has 3 heteroatoms. The molecule has 0 radical (unpaired) electrons. The lowest BCUT2D eigenvalue weighted by Gasteiger charge is -2.37. The number of allylic oxidation sites excluding steroid dienone is 4. The lowest BCUT2D eigenvalue weighted by atomic mass is 9.69. The number of Topliss-reactive ketones (excluding diaryl/α,β-unsaturated/α-hetero) is 1. The maximum absolute atomic E-state index is 12.7. The van der Waals surface area contributed by atoms with Crippen LogP contribution in [-0.4, -0.2) is 17.9 Å². The Balaban J connectivity index is 2.23. The van der Waals surface area contributed by atoms with Gasteiger partial charge in [-0.1, -0.05) is 30.2 Å². The largest absolute Gasteiger partial charge is 0.450 e. The molecule has 3 nitrogen and oxygen atoms in total. The number of carbonyl (C=O) groups excluding carboxylic acids is 2. The molecular formula is C22H32O3. The summed E-state index contributed by atoms with van der Waals surface area (Å²) >= 11 is 0. The Hall–Kier alpha value is -1.64. The van der Waals surface area contributed by atoms with Gasteiger partial charge in [0.15, 0.2) is 6.10 Å². The number of carbonyl (C=O) groups is 2. The van der Waals surface area contributed by atoms with E-state index in [9.17, 15) is 9.59 Å². The zero-order valence-electron chi connectivity index (χ0n) is 16.4. The quantitative estimate of drug-likeness (QED) is 0.501. The van der Waals surface area contributed by atoms with Gasteiger partial charge < -0.3 is 4.74 Å². The average Bonchev–Trinajstić information content (AvgIpc) is 2.60. The Morgan fingerprint density at radius 2 is 2.04 bits per heavy atom. The molecule has 3 atom stereocenters. The molecule has 0 saturated carbocycles. The highest BCUT2D eigenvalue weighted by Crippen LogP contribution is 2.43. The summed E-state index contributed by atoms with van der Waals surface area (Å²) in [5, 5.41) is 0. The highest BCUT2D eigenvalue weighted by atomic mass is 16.5. The van der Waals surface area contributed by atoms with Crippen LogP contribution in [0.25, 0.3) is 0 Å².